The summed E-state index contributed by atoms with van der Waals surface area (Å²) in [5.41, 5.74) is -0.401. The van der Waals surface area contributed by atoms with Crippen LogP contribution in [0.1, 0.15) is 28.4 Å². The lowest BCUT2D eigenvalue weighted by Gasteiger charge is -2.17. The van der Waals surface area contributed by atoms with Crippen LogP contribution in [0.2, 0.25) is 0 Å². The Kier molecular flexibility index (Phi) is 4.93. The molecule has 0 amide bonds. The largest absolute Gasteiger partial charge is 0.496 e. The van der Waals surface area contributed by atoms with Crippen molar-refractivity contribution in [3.8, 4) is 11.5 Å². The molecular formula is C17H15F3O3. The molecule has 0 heterocycles. The van der Waals surface area contributed by atoms with Gasteiger partial charge in [0.2, 0.25) is 0 Å². The third-order valence-electron chi connectivity index (χ3n) is 3.22. The fraction of sp³-hybridized carbons (Fsp3) is 0.235. The fourth-order valence-corrected chi connectivity index (χ4v) is 2.08. The van der Waals surface area contributed by atoms with Crippen molar-refractivity contribution in [2.24, 2.45) is 0 Å². The molecule has 0 atom stereocenters. The summed E-state index contributed by atoms with van der Waals surface area (Å²) in [7, 11) is 1.29. The quantitative estimate of drug-likeness (QED) is 0.760. The number of ketones is 1. The van der Waals surface area contributed by atoms with E-state index < -0.39 is 17.5 Å². The summed E-state index contributed by atoms with van der Waals surface area (Å²) in [6.07, 6.45) is -4.64. The molecule has 0 fully saturated rings. The van der Waals surface area contributed by atoms with Gasteiger partial charge >= 0.3 is 6.18 Å². The normalized spacial score (nSPS) is 11.2. The minimum Gasteiger partial charge on any atom is -0.496 e. The van der Waals surface area contributed by atoms with E-state index in [-0.39, 0.29) is 23.7 Å². The molecule has 0 radical (unpaired) electrons. The Balaban J connectivity index is 2.42. The third kappa shape index (κ3) is 4.03. The lowest BCUT2D eigenvalue weighted by atomic mass is 10.0. The van der Waals surface area contributed by atoms with Gasteiger partial charge in [-0.2, -0.15) is 13.2 Å². The zero-order valence-corrected chi connectivity index (χ0v) is 12.6. The summed E-state index contributed by atoms with van der Waals surface area (Å²) in [5.74, 6) is -0.835. The molecule has 0 saturated heterocycles. The van der Waals surface area contributed by atoms with Gasteiger partial charge in [-0.25, -0.2) is 0 Å². The van der Waals surface area contributed by atoms with Crippen molar-refractivity contribution in [2.45, 2.75) is 19.7 Å². The number of carbonyl (C=O) groups excluding carboxylic acids is 1. The van der Waals surface area contributed by atoms with Gasteiger partial charge in [0.15, 0.2) is 5.78 Å². The second kappa shape index (κ2) is 6.73. The third-order valence-corrected chi connectivity index (χ3v) is 3.22. The molecular weight excluding hydrogens is 309 g/mol. The van der Waals surface area contributed by atoms with Crippen LogP contribution < -0.4 is 9.47 Å². The monoisotopic (exact) mass is 324 g/mol. The van der Waals surface area contributed by atoms with Crippen molar-refractivity contribution >= 4 is 5.78 Å². The van der Waals surface area contributed by atoms with Gasteiger partial charge in [-0.15, -0.1) is 0 Å². The Hall–Kier alpha value is -2.50. The van der Waals surface area contributed by atoms with E-state index in [9.17, 15) is 18.0 Å². The summed E-state index contributed by atoms with van der Waals surface area (Å²) in [6, 6.07) is 10.7. The maximum absolute atomic E-state index is 13.2. The van der Waals surface area contributed by atoms with Gasteiger partial charge in [-0.3, -0.25) is 4.79 Å². The smallest absolute Gasteiger partial charge is 0.419 e. The number of halogens is 3. The molecule has 6 heteroatoms. The number of Topliss-reactive ketones (excluding diaryl/α,β-unsaturated/α-hetero) is 1. The lowest BCUT2D eigenvalue weighted by molar-refractivity contribution is -0.139. The van der Waals surface area contributed by atoms with Crippen LogP contribution in [0.5, 0.6) is 11.5 Å². The molecule has 2 aromatic rings. The van der Waals surface area contributed by atoms with E-state index in [4.69, 9.17) is 9.47 Å². The SMILES string of the molecule is COc1cc(OCc2ccccc2)c(C(F)(F)F)cc1C(C)=O. The molecule has 0 bridgehead atoms. The van der Waals surface area contributed by atoms with Gasteiger partial charge in [0.1, 0.15) is 18.1 Å². The minimum atomic E-state index is -4.64. The standard InChI is InChI=1S/C17H15F3O3/c1-11(21)13-8-14(17(18,19)20)16(9-15(13)22-2)23-10-12-6-4-3-5-7-12/h3-9H,10H2,1-2H3. The number of benzene rings is 2. The number of hydrogen-bond donors (Lipinski definition) is 0. The highest BCUT2D eigenvalue weighted by atomic mass is 19.4. The van der Waals surface area contributed by atoms with E-state index in [1.54, 1.807) is 30.3 Å². The summed E-state index contributed by atoms with van der Waals surface area (Å²) >= 11 is 0. The van der Waals surface area contributed by atoms with Gasteiger partial charge < -0.3 is 9.47 Å². The van der Waals surface area contributed by atoms with Crippen LogP contribution in [0.4, 0.5) is 13.2 Å². The Morgan fingerprint density at radius 2 is 1.74 bits per heavy atom. The lowest BCUT2D eigenvalue weighted by Crippen LogP contribution is -2.11. The van der Waals surface area contributed by atoms with Gasteiger partial charge in [0.25, 0.3) is 0 Å². The van der Waals surface area contributed by atoms with E-state index in [2.05, 4.69) is 0 Å². The first-order chi connectivity index (χ1) is 10.8. The van der Waals surface area contributed by atoms with Crippen LogP contribution in [0.25, 0.3) is 0 Å². The second-order valence-electron chi connectivity index (χ2n) is 4.88. The summed E-state index contributed by atoms with van der Waals surface area (Å²) in [4.78, 5) is 11.5. The molecule has 2 rings (SSSR count). The fourth-order valence-electron chi connectivity index (χ4n) is 2.08. The molecule has 0 unspecified atom stereocenters. The number of alkyl halides is 3. The van der Waals surface area contributed by atoms with E-state index in [0.717, 1.165) is 17.7 Å². The highest BCUT2D eigenvalue weighted by Gasteiger charge is 2.36. The number of methoxy groups -OCH3 is 1. The van der Waals surface area contributed by atoms with Gasteiger partial charge in [-0.05, 0) is 18.6 Å². The molecule has 0 aliphatic heterocycles. The Bertz CT molecular complexity index is 694. The van der Waals surface area contributed by atoms with Crippen molar-refractivity contribution in [3.63, 3.8) is 0 Å². The number of rotatable bonds is 5. The summed E-state index contributed by atoms with van der Waals surface area (Å²) < 4.78 is 50.0. The highest BCUT2D eigenvalue weighted by molar-refractivity contribution is 5.97. The van der Waals surface area contributed by atoms with Crippen molar-refractivity contribution < 1.29 is 27.4 Å². The van der Waals surface area contributed by atoms with Crippen LogP contribution in [-0.2, 0) is 12.8 Å². The maximum Gasteiger partial charge on any atom is 0.419 e. The zero-order chi connectivity index (χ0) is 17.0. The molecule has 2 aromatic carbocycles. The van der Waals surface area contributed by atoms with Crippen LogP contribution in [0, 0.1) is 0 Å². The average molecular weight is 324 g/mol. The molecule has 122 valence electrons. The molecule has 0 spiro atoms. The molecule has 3 nitrogen and oxygen atoms in total. The number of carbonyl (C=O) groups is 1. The van der Waals surface area contributed by atoms with Crippen LogP contribution in [0.3, 0.4) is 0 Å². The molecule has 0 aliphatic carbocycles. The first-order valence-corrected chi connectivity index (χ1v) is 6.80. The van der Waals surface area contributed by atoms with Gasteiger partial charge in [0, 0.05) is 6.07 Å². The van der Waals surface area contributed by atoms with E-state index in [1.807, 2.05) is 0 Å². The second-order valence-corrected chi connectivity index (χ2v) is 4.88. The van der Waals surface area contributed by atoms with Crippen molar-refractivity contribution in [3.05, 3.63) is 59.2 Å². The molecule has 0 aliphatic rings. The zero-order valence-electron chi connectivity index (χ0n) is 12.6. The first-order valence-electron chi connectivity index (χ1n) is 6.80. The Labute approximate surface area is 131 Å². The summed E-state index contributed by atoms with van der Waals surface area (Å²) in [6.45, 7) is 1.16. The first kappa shape index (κ1) is 16.9. The van der Waals surface area contributed by atoms with Crippen LogP contribution in [-0.4, -0.2) is 12.9 Å². The van der Waals surface area contributed by atoms with Crippen molar-refractivity contribution in [2.75, 3.05) is 7.11 Å². The van der Waals surface area contributed by atoms with E-state index >= 15 is 0 Å². The topological polar surface area (TPSA) is 35.5 Å². The van der Waals surface area contributed by atoms with Crippen molar-refractivity contribution in [1.29, 1.82) is 0 Å². The minimum absolute atomic E-state index is 0.0213. The van der Waals surface area contributed by atoms with E-state index in [0.29, 0.717) is 0 Å². The average Bonchev–Trinajstić information content (AvgIpc) is 2.51. The maximum atomic E-state index is 13.2. The highest BCUT2D eigenvalue weighted by Crippen LogP contribution is 2.40. The van der Waals surface area contributed by atoms with Crippen LogP contribution in [0.15, 0.2) is 42.5 Å². The molecule has 0 aromatic heterocycles. The predicted octanol–water partition coefficient (Wildman–Crippen LogP) is 4.50. The van der Waals surface area contributed by atoms with Crippen LogP contribution >= 0.6 is 0 Å². The molecule has 0 saturated carbocycles. The number of ether oxygens (including phenoxy) is 2. The summed E-state index contributed by atoms with van der Waals surface area (Å²) in [5, 5.41) is 0. The van der Waals surface area contributed by atoms with Gasteiger partial charge in [0.05, 0.1) is 18.2 Å². The predicted molar refractivity (Wildman–Crippen MR) is 78.8 cm³/mol. The molecule has 0 N–H and O–H groups in total. The van der Waals surface area contributed by atoms with E-state index in [1.165, 1.54) is 14.0 Å². The molecule has 23 heavy (non-hydrogen) atoms. The van der Waals surface area contributed by atoms with Gasteiger partial charge in [-0.1, -0.05) is 30.3 Å². The Morgan fingerprint density at radius 3 is 2.26 bits per heavy atom. The van der Waals surface area contributed by atoms with Crippen molar-refractivity contribution in [1.82, 2.24) is 0 Å². The number of hydrogen-bond acceptors (Lipinski definition) is 3. The Morgan fingerprint density at radius 1 is 1.09 bits per heavy atom.